The van der Waals surface area contributed by atoms with Gasteiger partial charge in [0.1, 0.15) is 17.0 Å². The molecule has 2 N–H and O–H groups in total. The van der Waals surface area contributed by atoms with Gasteiger partial charge in [0.15, 0.2) is 0 Å². The molecule has 2 aromatic carbocycles. The average Bonchev–Trinajstić information content (AvgIpc) is 3.05. The lowest BCUT2D eigenvalue weighted by Gasteiger charge is -2.07. The summed E-state index contributed by atoms with van der Waals surface area (Å²) in [5.74, 6) is 0.105. The minimum Gasteiger partial charge on any atom is -0.360 e. The summed E-state index contributed by atoms with van der Waals surface area (Å²) in [4.78, 5) is 24.1. The molecule has 0 aliphatic carbocycles. The highest BCUT2D eigenvalue weighted by molar-refractivity contribution is 6.08. The van der Waals surface area contributed by atoms with Gasteiger partial charge in [0.2, 0.25) is 5.91 Å². The van der Waals surface area contributed by atoms with Crippen molar-refractivity contribution in [2.24, 2.45) is 0 Å². The maximum atomic E-state index is 12.7. The van der Waals surface area contributed by atoms with E-state index in [-0.39, 0.29) is 11.8 Å². The van der Waals surface area contributed by atoms with Crippen molar-refractivity contribution in [1.29, 1.82) is 0 Å². The van der Waals surface area contributed by atoms with Gasteiger partial charge in [0.05, 0.1) is 6.42 Å². The molecule has 0 aliphatic heterocycles. The van der Waals surface area contributed by atoms with E-state index in [4.69, 9.17) is 4.52 Å². The van der Waals surface area contributed by atoms with Crippen LogP contribution in [-0.2, 0) is 11.2 Å². The van der Waals surface area contributed by atoms with E-state index in [2.05, 4.69) is 15.8 Å². The van der Waals surface area contributed by atoms with Crippen LogP contribution in [0.15, 0.2) is 59.1 Å². The normalized spacial score (nSPS) is 10.4. The Labute approximate surface area is 151 Å². The average molecular weight is 349 g/mol. The largest absolute Gasteiger partial charge is 0.360 e. The van der Waals surface area contributed by atoms with E-state index < -0.39 is 0 Å². The minimum absolute atomic E-state index is 0.0608. The summed E-state index contributed by atoms with van der Waals surface area (Å²) in [6.07, 6.45) is 0.299. The monoisotopic (exact) mass is 349 g/mol. The molecule has 0 aliphatic rings. The van der Waals surface area contributed by atoms with Crippen LogP contribution in [0, 0.1) is 6.92 Å². The molecule has 0 atom stereocenters. The third-order valence-corrected chi connectivity index (χ3v) is 3.99. The van der Waals surface area contributed by atoms with Gasteiger partial charge in [-0.2, -0.15) is 0 Å². The highest BCUT2D eigenvalue weighted by Crippen LogP contribution is 2.26. The standard InChI is InChI=1S/C20H19N3O3/c1-13-18(19(23-26-13)15-6-4-3-5-7-15)20(25)22-16-10-8-14(9-11-16)12-17(24)21-2/h3-11H,12H2,1-2H3,(H,21,24)(H,22,25). The third-order valence-electron chi connectivity index (χ3n) is 3.99. The van der Waals surface area contributed by atoms with E-state index in [0.29, 0.717) is 29.1 Å². The second-order valence-corrected chi connectivity index (χ2v) is 5.83. The summed E-state index contributed by atoms with van der Waals surface area (Å²) in [6, 6.07) is 16.6. The van der Waals surface area contributed by atoms with Crippen molar-refractivity contribution in [3.63, 3.8) is 0 Å². The fraction of sp³-hybridized carbons (Fsp3) is 0.150. The number of rotatable bonds is 5. The van der Waals surface area contributed by atoms with Crippen LogP contribution >= 0.6 is 0 Å². The van der Waals surface area contributed by atoms with Crippen LogP contribution in [0.5, 0.6) is 0 Å². The molecule has 0 bridgehead atoms. The Kier molecular flexibility index (Phi) is 5.12. The van der Waals surface area contributed by atoms with Crippen LogP contribution < -0.4 is 10.6 Å². The first kappa shape index (κ1) is 17.4. The lowest BCUT2D eigenvalue weighted by atomic mass is 10.1. The van der Waals surface area contributed by atoms with E-state index in [0.717, 1.165) is 11.1 Å². The number of hydrogen-bond acceptors (Lipinski definition) is 4. The number of aryl methyl sites for hydroxylation is 1. The highest BCUT2D eigenvalue weighted by Gasteiger charge is 2.21. The van der Waals surface area contributed by atoms with Gasteiger partial charge in [0, 0.05) is 18.3 Å². The Morgan fingerprint density at radius 1 is 1.04 bits per heavy atom. The molecule has 0 fully saturated rings. The zero-order valence-corrected chi connectivity index (χ0v) is 14.6. The molecule has 0 saturated heterocycles. The first-order valence-electron chi connectivity index (χ1n) is 8.21. The first-order chi connectivity index (χ1) is 12.6. The van der Waals surface area contributed by atoms with Gasteiger partial charge in [-0.05, 0) is 24.6 Å². The predicted octanol–water partition coefficient (Wildman–Crippen LogP) is 3.19. The van der Waals surface area contributed by atoms with Crippen LogP contribution in [-0.4, -0.2) is 24.0 Å². The summed E-state index contributed by atoms with van der Waals surface area (Å²) in [7, 11) is 1.60. The molecule has 0 radical (unpaired) electrons. The molecule has 3 rings (SSSR count). The summed E-state index contributed by atoms with van der Waals surface area (Å²) in [5, 5.41) is 9.46. The summed E-state index contributed by atoms with van der Waals surface area (Å²) in [6.45, 7) is 1.71. The molecule has 1 aromatic heterocycles. The number of anilines is 1. The quantitative estimate of drug-likeness (QED) is 0.741. The maximum Gasteiger partial charge on any atom is 0.261 e. The summed E-state index contributed by atoms with van der Waals surface area (Å²) < 4.78 is 5.23. The Bertz CT molecular complexity index is 915. The Morgan fingerprint density at radius 2 is 1.73 bits per heavy atom. The lowest BCUT2D eigenvalue weighted by Crippen LogP contribution is -2.19. The fourth-order valence-electron chi connectivity index (χ4n) is 2.61. The Balaban J connectivity index is 1.79. The van der Waals surface area contributed by atoms with Crippen LogP contribution in [0.25, 0.3) is 11.3 Å². The minimum atomic E-state index is -0.290. The number of carbonyl (C=O) groups excluding carboxylic acids is 2. The molecule has 26 heavy (non-hydrogen) atoms. The zero-order chi connectivity index (χ0) is 18.5. The number of nitrogens with zero attached hydrogens (tertiary/aromatic N) is 1. The van der Waals surface area contributed by atoms with Crippen molar-refractivity contribution in [3.8, 4) is 11.3 Å². The number of aromatic nitrogens is 1. The van der Waals surface area contributed by atoms with Crippen molar-refractivity contribution >= 4 is 17.5 Å². The summed E-state index contributed by atoms with van der Waals surface area (Å²) >= 11 is 0. The summed E-state index contributed by atoms with van der Waals surface area (Å²) in [5.41, 5.74) is 3.24. The Hall–Kier alpha value is -3.41. The fourth-order valence-corrected chi connectivity index (χ4v) is 2.61. The van der Waals surface area contributed by atoms with Crippen LogP contribution in [0.4, 0.5) is 5.69 Å². The van der Waals surface area contributed by atoms with E-state index in [9.17, 15) is 9.59 Å². The van der Waals surface area contributed by atoms with Gasteiger partial charge in [0.25, 0.3) is 5.91 Å². The van der Waals surface area contributed by atoms with Crippen molar-refractivity contribution in [2.45, 2.75) is 13.3 Å². The molecule has 0 spiro atoms. The molecular weight excluding hydrogens is 330 g/mol. The highest BCUT2D eigenvalue weighted by atomic mass is 16.5. The number of nitrogens with one attached hydrogen (secondary N) is 2. The molecule has 3 aromatic rings. The number of carbonyl (C=O) groups is 2. The van der Waals surface area contributed by atoms with Crippen molar-refractivity contribution < 1.29 is 14.1 Å². The molecule has 0 saturated carbocycles. The second kappa shape index (κ2) is 7.65. The molecule has 132 valence electrons. The lowest BCUT2D eigenvalue weighted by molar-refractivity contribution is -0.119. The Morgan fingerprint density at radius 3 is 2.38 bits per heavy atom. The van der Waals surface area contributed by atoms with Crippen molar-refractivity contribution in [3.05, 3.63) is 71.5 Å². The molecule has 1 heterocycles. The first-order valence-corrected chi connectivity index (χ1v) is 8.21. The second-order valence-electron chi connectivity index (χ2n) is 5.83. The number of hydrogen-bond donors (Lipinski definition) is 2. The van der Waals surface area contributed by atoms with Gasteiger partial charge in [-0.3, -0.25) is 9.59 Å². The molecule has 6 nitrogen and oxygen atoms in total. The van der Waals surface area contributed by atoms with Gasteiger partial charge in [-0.25, -0.2) is 0 Å². The van der Waals surface area contributed by atoms with Crippen LogP contribution in [0.3, 0.4) is 0 Å². The predicted molar refractivity (Wildman–Crippen MR) is 98.8 cm³/mol. The number of likely N-dealkylation sites (N-methyl/N-ethyl adjacent to an activating group) is 1. The van der Waals surface area contributed by atoms with Gasteiger partial charge in [-0.15, -0.1) is 0 Å². The smallest absolute Gasteiger partial charge is 0.261 e. The van der Waals surface area contributed by atoms with Crippen LogP contribution in [0.1, 0.15) is 21.7 Å². The van der Waals surface area contributed by atoms with E-state index in [1.54, 1.807) is 26.1 Å². The SMILES string of the molecule is CNC(=O)Cc1ccc(NC(=O)c2c(-c3ccccc3)noc2C)cc1. The maximum absolute atomic E-state index is 12.7. The zero-order valence-electron chi connectivity index (χ0n) is 14.6. The van der Waals surface area contributed by atoms with Crippen LogP contribution in [0.2, 0.25) is 0 Å². The molecule has 6 heteroatoms. The van der Waals surface area contributed by atoms with Crippen molar-refractivity contribution in [1.82, 2.24) is 10.5 Å². The van der Waals surface area contributed by atoms with Gasteiger partial charge in [-0.1, -0.05) is 47.6 Å². The van der Waals surface area contributed by atoms with E-state index in [1.165, 1.54) is 0 Å². The molecule has 0 unspecified atom stereocenters. The third kappa shape index (κ3) is 3.80. The molecular formula is C20H19N3O3. The number of benzene rings is 2. The molecule has 2 amide bonds. The topological polar surface area (TPSA) is 84.2 Å². The van der Waals surface area contributed by atoms with E-state index in [1.807, 2.05) is 42.5 Å². The van der Waals surface area contributed by atoms with E-state index >= 15 is 0 Å². The van der Waals surface area contributed by atoms with Gasteiger partial charge >= 0.3 is 0 Å². The van der Waals surface area contributed by atoms with Gasteiger partial charge < -0.3 is 15.2 Å². The van der Waals surface area contributed by atoms with Crippen molar-refractivity contribution in [2.75, 3.05) is 12.4 Å². The number of amides is 2.